The smallest absolute Gasteiger partial charge is 0.338 e. The average molecular weight is 440 g/mol. The summed E-state index contributed by atoms with van der Waals surface area (Å²) in [5.74, 6) is 4.78. The van der Waals surface area contributed by atoms with Gasteiger partial charge in [-0.15, -0.1) is 0 Å². The quantitative estimate of drug-likeness (QED) is 0.455. The number of esters is 1. The van der Waals surface area contributed by atoms with Crippen molar-refractivity contribution in [2.45, 2.75) is 37.9 Å². The molecule has 3 aromatic carbocycles. The predicted octanol–water partition coefficient (Wildman–Crippen LogP) is 4.45. The highest BCUT2D eigenvalue weighted by atomic mass is 16.5. The third kappa shape index (κ3) is 4.97. The summed E-state index contributed by atoms with van der Waals surface area (Å²) in [5, 5.41) is 14.3. The van der Waals surface area contributed by atoms with Gasteiger partial charge in [0.2, 0.25) is 5.60 Å². The minimum Gasteiger partial charge on any atom is -0.457 e. The van der Waals surface area contributed by atoms with Crippen LogP contribution in [-0.2, 0) is 21.6 Å². The molecule has 0 aromatic heterocycles. The van der Waals surface area contributed by atoms with Gasteiger partial charge in [-0.2, -0.15) is 0 Å². The second-order valence-corrected chi connectivity index (χ2v) is 8.81. The van der Waals surface area contributed by atoms with Crippen LogP contribution in [0.5, 0.6) is 0 Å². The summed E-state index contributed by atoms with van der Waals surface area (Å²) in [7, 11) is 0. The number of fused-ring (bicyclic) bond motifs is 1. The first-order valence-electron chi connectivity index (χ1n) is 10.7. The van der Waals surface area contributed by atoms with E-state index in [0.29, 0.717) is 22.4 Å². The average Bonchev–Trinajstić information content (AvgIpc) is 3.18. The minimum atomic E-state index is -1.96. The minimum absolute atomic E-state index is 0.0855. The first-order chi connectivity index (χ1) is 15.8. The number of anilines is 1. The highest BCUT2D eigenvalue weighted by Crippen LogP contribution is 2.33. The van der Waals surface area contributed by atoms with Crippen LogP contribution in [0.2, 0.25) is 0 Å². The molecule has 1 heterocycles. The molecule has 0 fully saturated rings. The van der Waals surface area contributed by atoms with Crippen LogP contribution in [0.3, 0.4) is 0 Å². The van der Waals surface area contributed by atoms with Gasteiger partial charge in [0.25, 0.3) is 5.91 Å². The van der Waals surface area contributed by atoms with Crippen molar-refractivity contribution >= 4 is 17.6 Å². The largest absolute Gasteiger partial charge is 0.457 e. The Labute approximate surface area is 193 Å². The summed E-state index contributed by atoms with van der Waals surface area (Å²) in [5.41, 5.74) is 0.853. The lowest BCUT2D eigenvalue weighted by Gasteiger charge is -2.32. The zero-order valence-corrected chi connectivity index (χ0v) is 18.6. The van der Waals surface area contributed by atoms with Gasteiger partial charge in [-0.3, -0.25) is 4.79 Å². The maximum absolute atomic E-state index is 13.4. The van der Waals surface area contributed by atoms with Crippen molar-refractivity contribution < 1.29 is 19.4 Å². The molecule has 3 aromatic rings. The number of nitrogens with one attached hydrogen (secondary N) is 1. The molecule has 0 aliphatic carbocycles. The number of benzene rings is 3. The van der Waals surface area contributed by atoms with Gasteiger partial charge in [-0.1, -0.05) is 74.2 Å². The number of cyclic esters (lactones) is 1. The van der Waals surface area contributed by atoms with Crippen molar-refractivity contribution in [3.05, 3.63) is 101 Å². The van der Waals surface area contributed by atoms with Gasteiger partial charge in [0.05, 0.1) is 5.56 Å². The summed E-state index contributed by atoms with van der Waals surface area (Å²) < 4.78 is 5.03. The van der Waals surface area contributed by atoms with Crippen LogP contribution in [-0.4, -0.2) is 22.6 Å². The molecule has 0 saturated heterocycles. The zero-order valence-electron chi connectivity index (χ0n) is 18.6. The van der Waals surface area contributed by atoms with Crippen LogP contribution in [0.1, 0.15) is 47.3 Å². The van der Waals surface area contributed by atoms with Gasteiger partial charge in [-0.05, 0) is 41.3 Å². The topological polar surface area (TPSA) is 75.6 Å². The standard InChI is InChI=1S/C28H25NO4/c1-27(2,22-11-7-4-8-12-22)19-28(32,16-15-20-9-5-3-6-10-20)26(31)29-23-13-14-24-21(17-23)18-33-25(24)30/h3-14,17,32H,18-19H2,1-2H3,(H,29,31). The first kappa shape index (κ1) is 22.3. The van der Waals surface area contributed by atoms with E-state index >= 15 is 0 Å². The molecule has 0 spiro atoms. The third-order valence-corrected chi connectivity index (χ3v) is 5.76. The van der Waals surface area contributed by atoms with Crippen molar-refractivity contribution in [2.24, 2.45) is 0 Å². The number of rotatable bonds is 5. The zero-order chi connectivity index (χ0) is 23.5. The Hall–Kier alpha value is -3.88. The summed E-state index contributed by atoms with van der Waals surface area (Å²) in [6.45, 7) is 4.11. The van der Waals surface area contributed by atoms with E-state index in [0.717, 1.165) is 5.56 Å². The number of ether oxygens (including phenoxy) is 1. The summed E-state index contributed by atoms with van der Waals surface area (Å²) in [4.78, 5) is 25.1. The summed E-state index contributed by atoms with van der Waals surface area (Å²) in [6, 6.07) is 23.9. The molecule has 1 aliphatic rings. The van der Waals surface area contributed by atoms with Gasteiger partial charge in [0.1, 0.15) is 6.61 Å². The van der Waals surface area contributed by atoms with E-state index in [-0.39, 0.29) is 19.0 Å². The predicted molar refractivity (Wildman–Crippen MR) is 127 cm³/mol. The van der Waals surface area contributed by atoms with Crippen molar-refractivity contribution in [3.63, 3.8) is 0 Å². The maximum Gasteiger partial charge on any atom is 0.338 e. The monoisotopic (exact) mass is 439 g/mol. The summed E-state index contributed by atoms with van der Waals surface area (Å²) in [6.07, 6.45) is 0.0855. The Balaban J connectivity index is 1.65. The molecule has 1 unspecified atom stereocenters. The lowest BCUT2D eigenvalue weighted by molar-refractivity contribution is -0.130. The molecule has 166 valence electrons. The SMILES string of the molecule is CC(C)(CC(O)(C#Cc1ccccc1)C(=O)Nc1ccc2c(c1)COC2=O)c1ccccc1. The van der Waals surface area contributed by atoms with Gasteiger partial charge >= 0.3 is 5.97 Å². The Morgan fingerprint density at radius 1 is 1.03 bits per heavy atom. The van der Waals surface area contributed by atoms with E-state index in [9.17, 15) is 14.7 Å². The molecule has 1 aliphatic heterocycles. The van der Waals surface area contributed by atoms with Gasteiger partial charge in [0.15, 0.2) is 0 Å². The van der Waals surface area contributed by atoms with Crippen LogP contribution in [0.4, 0.5) is 5.69 Å². The Bertz CT molecular complexity index is 1240. The maximum atomic E-state index is 13.4. The molecular weight excluding hydrogens is 414 g/mol. The molecule has 0 radical (unpaired) electrons. The lowest BCUT2D eigenvalue weighted by Crippen LogP contribution is -2.46. The molecule has 0 bridgehead atoms. The number of carbonyl (C=O) groups is 2. The van der Waals surface area contributed by atoms with Crippen molar-refractivity contribution in [2.75, 3.05) is 5.32 Å². The molecule has 5 nitrogen and oxygen atoms in total. The van der Waals surface area contributed by atoms with Crippen LogP contribution >= 0.6 is 0 Å². The molecular formula is C28H25NO4. The van der Waals surface area contributed by atoms with E-state index in [1.165, 1.54) is 0 Å². The van der Waals surface area contributed by atoms with E-state index < -0.39 is 16.9 Å². The fraction of sp³-hybridized carbons (Fsp3) is 0.214. The summed E-state index contributed by atoms with van der Waals surface area (Å²) >= 11 is 0. The number of carbonyl (C=O) groups excluding carboxylic acids is 2. The highest BCUT2D eigenvalue weighted by molar-refractivity contribution is 6.01. The second-order valence-electron chi connectivity index (χ2n) is 8.81. The Morgan fingerprint density at radius 3 is 2.39 bits per heavy atom. The fourth-order valence-corrected chi connectivity index (χ4v) is 3.95. The number of aliphatic hydroxyl groups is 1. The van der Waals surface area contributed by atoms with Crippen LogP contribution in [0, 0.1) is 11.8 Å². The Kier molecular flexibility index (Phi) is 6.04. The fourth-order valence-electron chi connectivity index (χ4n) is 3.95. The molecule has 2 N–H and O–H groups in total. The molecule has 4 rings (SSSR count). The van der Waals surface area contributed by atoms with Crippen molar-refractivity contribution in [1.29, 1.82) is 0 Å². The second kappa shape index (κ2) is 8.93. The van der Waals surface area contributed by atoms with Gasteiger partial charge < -0.3 is 15.2 Å². The van der Waals surface area contributed by atoms with E-state index in [2.05, 4.69) is 17.2 Å². The van der Waals surface area contributed by atoms with Crippen LogP contribution in [0.25, 0.3) is 0 Å². The first-order valence-corrected chi connectivity index (χ1v) is 10.7. The van der Waals surface area contributed by atoms with E-state index in [4.69, 9.17) is 4.74 Å². The van der Waals surface area contributed by atoms with E-state index in [1.807, 2.05) is 74.5 Å². The van der Waals surface area contributed by atoms with Crippen LogP contribution in [0.15, 0.2) is 78.9 Å². The Morgan fingerprint density at radius 2 is 1.70 bits per heavy atom. The number of amides is 1. The number of hydrogen-bond acceptors (Lipinski definition) is 4. The molecule has 33 heavy (non-hydrogen) atoms. The van der Waals surface area contributed by atoms with Crippen LogP contribution < -0.4 is 5.32 Å². The normalized spacial score (nSPS) is 14.3. The highest BCUT2D eigenvalue weighted by Gasteiger charge is 2.41. The molecule has 1 atom stereocenters. The number of hydrogen-bond donors (Lipinski definition) is 2. The molecule has 1 amide bonds. The van der Waals surface area contributed by atoms with Gasteiger partial charge in [-0.25, -0.2) is 4.79 Å². The van der Waals surface area contributed by atoms with Crippen molar-refractivity contribution in [3.8, 4) is 11.8 Å². The van der Waals surface area contributed by atoms with Crippen molar-refractivity contribution in [1.82, 2.24) is 0 Å². The van der Waals surface area contributed by atoms with Gasteiger partial charge in [0, 0.05) is 23.2 Å². The lowest BCUT2D eigenvalue weighted by atomic mass is 9.75. The third-order valence-electron chi connectivity index (χ3n) is 5.76. The molecule has 5 heteroatoms. The van der Waals surface area contributed by atoms with E-state index in [1.54, 1.807) is 18.2 Å². The molecule has 0 saturated carbocycles.